The zero-order valence-electron chi connectivity index (χ0n) is 13.3. The molecular formula is C18H21NO3S. The second kappa shape index (κ2) is 6.07. The van der Waals surface area contributed by atoms with Crippen molar-refractivity contribution in [1.82, 2.24) is 5.32 Å². The first-order valence-corrected chi connectivity index (χ1v) is 9.48. The van der Waals surface area contributed by atoms with Crippen LogP contribution in [0.4, 0.5) is 0 Å². The predicted molar refractivity (Wildman–Crippen MR) is 90.9 cm³/mol. The summed E-state index contributed by atoms with van der Waals surface area (Å²) in [6, 6.07) is 19.8. The monoisotopic (exact) mass is 331 g/mol. The molecule has 1 saturated heterocycles. The number of hydrogen-bond acceptors (Lipinski definition) is 4. The summed E-state index contributed by atoms with van der Waals surface area (Å²) in [5.74, 6) is -0.157. The lowest BCUT2D eigenvalue weighted by Gasteiger charge is -2.52. The van der Waals surface area contributed by atoms with Gasteiger partial charge in [-0.05, 0) is 18.1 Å². The van der Waals surface area contributed by atoms with Crippen molar-refractivity contribution in [3.05, 3.63) is 71.8 Å². The molecule has 0 spiro atoms. The highest BCUT2D eigenvalue weighted by atomic mass is 32.2. The van der Waals surface area contributed by atoms with E-state index in [4.69, 9.17) is 4.18 Å². The Balaban J connectivity index is 2.14. The van der Waals surface area contributed by atoms with Crippen LogP contribution in [0.3, 0.4) is 0 Å². The van der Waals surface area contributed by atoms with Gasteiger partial charge in [0.2, 0.25) is 0 Å². The third-order valence-electron chi connectivity index (χ3n) is 4.48. The third kappa shape index (κ3) is 3.17. The van der Waals surface area contributed by atoms with Crippen LogP contribution in [0.1, 0.15) is 24.0 Å². The average molecular weight is 331 g/mol. The number of nitrogens with one attached hydrogen (secondary N) is 1. The van der Waals surface area contributed by atoms with E-state index in [1.807, 2.05) is 67.6 Å². The summed E-state index contributed by atoms with van der Waals surface area (Å²) < 4.78 is 29.5. The Hall–Kier alpha value is -1.69. The molecule has 1 aliphatic heterocycles. The highest BCUT2D eigenvalue weighted by Gasteiger charge is 2.54. The van der Waals surface area contributed by atoms with Gasteiger partial charge in [0, 0.05) is 18.5 Å². The number of benzene rings is 2. The quantitative estimate of drug-likeness (QED) is 0.856. The molecule has 0 aromatic heterocycles. The van der Waals surface area contributed by atoms with Gasteiger partial charge in [-0.3, -0.25) is 4.18 Å². The number of hydrogen-bond donors (Lipinski definition) is 1. The fourth-order valence-electron chi connectivity index (χ4n) is 3.34. The Morgan fingerprint density at radius 2 is 1.52 bits per heavy atom. The number of rotatable bonds is 5. The van der Waals surface area contributed by atoms with Crippen LogP contribution in [-0.4, -0.2) is 32.9 Å². The van der Waals surface area contributed by atoms with E-state index in [0.29, 0.717) is 6.54 Å². The van der Waals surface area contributed by atoms with Crippen LogP contribution in [0.5, 0.6) is 0 Å². The van der Waals surface area contributed by atoms with E-state index in [1.165, 1.54) is 0 Å². The van der Waals surface area contributed by atoms with E-state index in [9.17, 15) is 8.42 Å². The fourth-order valence-corrected chi connectivity index (χ4v) is 4.20. The Morgan fingerprint density at radius 1 is 1.04 bits per heavy atom. The average Bonchev–Trinajstić information content (AvgIpc) is 2.53. The highest BCUT2D eigenvalue weighted by molar-refractivity contribution is 7.86. The van der Waals surface area contributed by atoms with E-state index < -0.39 is 15.7 Å². The van der Waals surface area contributed by atoms with Crippen LogP contribution in [0.25, 0.3) is 0 Å². The summed E-state index contributed by atoms with van der Waals surface area (Å²) in [7, 11) is -3.58. The van der Waals surface area contributed by atoms with Crippen molar-refractivity contribution >= 4 is 10.1 Å². The van der Waals surface area contributed by atoms with Gasteiger partial charge in [0.25, 0.3) is 10.1 Å². The molecule has 3 rings (SSSR count). The van der Waals surface area contributed by atoms with Gasteiger partial charge < -0.3 is 5.32 Å². The van der Waals surface area contributed by atoms with Gasteiger partial charge in [-0.25, -0.2) is 0 Å². The first-order chi connectivity index (χ1) is 10.9. The molecule has 0 aliphatic carbocycles. The zero-order chi connectivity index (χ0) is 16.5. The molecule has 1 aliphatic rings. The van der Waals surface area contributed by atoms with Crippen molar-refractivity contribution in [2.24, 2.45) is 0 Å². The van der Waals surface area contributed by atoms with Crippen molar-refractivity contribution in [3.63, 3.8) is 0 Å². The fraction of sp³-hybridized carbons (Fsp3) is 0.333. The maximum absolute atomic E-state index is 11.9. The van der Waals surface area contributed by atoms with Crippen molar-refractivity contribution in [2.45, 2.75) is 24.5 Å². The predicted octanol–water partition coefficient (Wildman–Crippen LogP) is 2.53. The van der Waals surface area contributed by atoms with Crippen molar-refractivity contribution in [3.8, 4) is 0 Å². The van der Waals surface area contributed by atoms with Crippen LogP contribution in [0, 0.1) is 0 Å². The van der Waals surface area contributed by atoms with Crippen LogP contribution >= 0.6 is 0 Å². The topological polar surface area (TPSA) is 55.4 Å². The van der Waals surface area contributed by atoms with Gasteiger partial charge in [-0.2, -0.15) is 8.42 Å². The summed E-state index contributed by atoms with van der Waals surface area (Å²) in [6.45, 7) is 2.46. The van der Waals surface area contributed by atoms with Gasteiger partial charge in [0.05, 0.1) is 6.26 Å². The maximum atomic E-state index is 11.9. The molecule has 2 aromatic carbocycles. The summed E-state index contributed by atoms with van der Waals surface area (Å²) in [6.07, 6.45) is 1.12. The SMILES string of the molecule is CC1NCC1(OS(C)(=O)=O)C(c1ccccc1)c1ccccc1. The lowest BCUT2D eigenvalue weighted by atomic mass is 9.70. The zero-order valence-corrected chi connectivity index (χ0v) is 14.1. The van der Waals surface area contributed by atoms with E-state index in [1.54, 1.807) is 0 Å². The van der Waals surface area contributed by atoms with Gasteiger partial charge in [0.15, 0.2) is 0 Å². The van der Waals surface area contributed by atoms with Gasteiger partial charge in [-0.15, -0.1) is 0 Å². The van der Waals surface area contributed by atoms with Crippen molar-refractivity contribution in [2.75, 3.05) is 12.8 Å². The standard InChI is InChI=1S/C18H21NO3S/c1-14-18(13-19-14,22-23(2,20)21)17(15-9-5-3-6-10-15)16-11-7-4-8-12-16/h3-12,14,17,19H,13H2,1-2H3. The normalized spacial score (nSPS) is 24.4. The van der Waals surface area contributed by atoms with Crippen LogP contribution in [0.15, 0.2) is 60.7 Å². The summed E-state index contributed by atoms with van der Waals surface area (Å²) >= 11 is 0. The second-order valence-corrected chi connectivity index (χ2v) is 7.67. The van der Waals surface area contributed by atoms with Crippen molar-refractivity contribution in [1.29, 1.82) is 0 Å². The first-order valence-electron chi connectivity index (χ1n) is 7.66. The Kier molecular flexibility index (Phi) is 4.27. The Labute approximate surface area is 137 Å². The molecule has 1 heterocycles. The van der Waals surface area contributed by atoms with Gasteiger partial charge in [-0.1, -0.05) is 60.7 Å². The molecule has 0 bridgehead atoms. The first kappa shape index (κ1) is 16.2. The van der Waals surface area contributed by atoms with Crippen LogP contribution in [-0.2, 0) is 14.3 Å². The molecule has 2 aromatic rings. The molecule has 2 unspecified atom stereocenters. The molecule has 1 N–H and O–H groups in total. The minimum atomic E-state index is -3.58. The lowest BCUT2D eigenvalue weighted by Crippen LogP contribution is -2.71. The lowest BCUT2D eigenvalue weighted by molar-refractivity contribution is -0.0339. The molecular weight excluding hydrogens is 310 g/mol. The van der Waals surface area contributed by atoms with Crippen molar-refractivity contribution < 1.29 is 12.6 Å². The summed E-state index contributed by atoms with van der Waals surface area (Å²) in [4.78, 5) is 0. The summed E-state index contributed by atoms with van der Waals surface area (Å²) in [5.41, 5.74) is 1.29. The van der Waals surface area contributed by atoms with E-state index in [-0.39, 0.29) is 12.0 Å². The van der Waals surface area contributed by atoms with Gasteiger partial charge >= 0.3 is 0 Å². The van der Waals surface area contributed by atoms with Gasteiger partial charge in [0.1, 0.15) is 5.60 Å². The Bertz CT molecular complexity index is 722. The smallest absolute Gasteiger partial charge is 0.265 e. The van der Waals surface area contributed by atoms with E-state index in [2.05, 4.69) is 5.32 Å². The third-order valence-corrected chi connectivity index (χ3v) is 5.09. The highest BCUT2D eigenvalue weighted by Crippen LogP contribution is 2.44. The summed E-state index contributed by atoms with van der Waals surface area (Å²) in [5, 5.41) is 3.25. The molecule has 23 heavy (non-hydrogen) atoms. The van der Waals surface area contributed by atoms with E-state index in [0.717, 1.165) is 17.4 Å². The largest absolute Gasteiger partial charge is 0.308 e. The van der Waals surface area contributed by atoms with E-state index >= 15 is 0 Å². The molecule has 122 valence electrons. The minimum Gasteiger partial charge on any atom is -0.308 e. The second-order valence-electron chi connectivity index (χ2n) is 6.10. The molecule has 0 saturated carbocycles. The molecule has 0 radical (unpaired) electrons. The molecule has 4 nitrogen and oxygen atoms in total. The molecule has 0 amide bonds. The Morgan fingerprint density at radius 3 is 1.83 bits per heavy atom. The molecule has 2 atom stereocenters. The minimum absolute atomic E-state index is 0.0670. The molecule has 5 heteroatoms. The van der Waals surface area contributed by atoms with Crippen LogP contribution in [0.2, 0.25) is 0 Å². The maximum Gasteiger partial charge on any atom is 0.265 e. The molecule has 1 fully saturated rings. The van der Waals surface area contributed by atoms with Crippen LogP contribution < -0.4 is 5.32 Å².